The van der Waals surface area contributed by atoms with Crippen molar-refractivity contribution in [3.63, 3.8) is 0 Å². The van der Waals surface area contributed by atoms with E-state index in [-0.39, 0.29) is 0 Å². The molecule has 0 unspecified atom stereocenters. The lowest BCUT2D eigenvalue weighted by Gasteiger charge is -2.05. The molecule has 104 valence electrons. The summed E-state index contributed by atoms with van der Waals surface area (Å²) in [4.78, 5) is 4.36. The fourth-order valence-electron chi connectivity index (χ4n) is 1.69. The molecule has 0 heterocycles. The summed E-state index contributed by atoms with van der Waals surface area (Å²) in [6.45, 7) is 1.51. The quantitative estimate of drug-likeness (QED) is 0.646. The summed E-state index contributed by atoms with van der Waals surface area (Å²) in [5, 5.41) is 4.04. The number of hydrogen-bond donors (Lipinski definition) is 1. The minimum Gasteiger partial charge on any atom is -0.497 e. The Balaban J connectivity index is 1.74. The molecule has 1 N–H and O–H groups in total. The van der Waals surface area contributed by atoms with E-state index < -0.39 is 0 Å². The molecule has 0 spiro atoms. The van der Waals surface area contributed by atoms with Gasteiger partial charge >= 0.3 is 0 Å². The second-order valence-corrected chi connectivity index (χ2v) is 4.68. The molecule has 2 rings (SSSR count). The average molecular weight is 289 g/mol. The fraction of sp³-hybridized carbons (Fsp3) is 0.188. The van der Waals surface area contributed by atoms with Crippen LogP contribution in [-0.2, 0) is 0 Å². The van der Waals surface area contributed by atoms with Gasteiger partial charge in [-0.15, -0.1) is 0 Å². The van der Waals surface area contributed by atoms with Crippen molar-refractivity contribution in [2.75, 3.05) is 25.5 Å². The Bertz CT molecular complexity index is 550. The van der Waals surface area contributed by atoms with Gasteiger partial charge in [0.2, 0.25) is 0 Å². The maximum absolute atomic E-state index is 5.82. The van der Waals surface area contributed by atoms with Crippen LogP contribution in [0.25, 0.3) is 0 Å². The highest BCUT2D eigenvalue weighted by molar-refractivity contribution is 6.30. The van der Waals surface area contributed by atoms with Crippen LogP contribution in [0, 0.1) is 0 Å². The number of ether oxygens (including phenoxy) is 1. The van der Waals surface area contributed by atoms with Crippen LogP contribution >= 0.6 is 11.6 Å². The third-order valence-corrected chi connectivity index (χ3v) is 3.02. The lowest BCUT2D eigenvalue weighted by atomic mass is 10.2. The van der Waals surface area contributed by atoms with Crippen molar-refractivity contribution in [1.29, 1.82) is 0 Å². The van der Waals surface area contributed by atoms with Crippen LogP contribution in [0.5, 0.6) is 5.75 Å². The fourth-order valence-corrected chi connectivity index (χ4v) is 1.82. The van der Waals surface area contributed by atoms with Crippen LogP contribution in [0.3, 0.4) is 0 Å². The molecule has 0 aliphatic carbocycles. The molecule has 0 amide bonds. The van der Waals surface area contributed by atoms with E-state index in [2.05, 4.69) is 10.3 Å². The number of nitrogens with zero attached hydrogens (tertiary/aromatic N) is 1. The van der Waals surface area contributed by atoms with E-state index in [4.69, 9.17) is 16.3 Å². The van der Waals surface area contributed by atoms with Gasteiger partial charge in [-0.2, -0.15) is 0 Å². The molecule has 0 saturated heterocycles. The van der Waals surface area contributed by atoms with Gasteiger partial charge in [0.15, 0.2) is 0 Å². The molecule has 20 heavy (non-hydrogen) atoms. The van der Waals surface area contributed by atoms with Gasteiger partial charge in [-0.1, -0.05) is 23.7 Å². The molecule has 0 aromatic heterocycles. The molecule has 2 aromatic rings. The van der Waals surface area contributed by atoms with E-state index in [0.717, 1.165) is 28.6 Å². The predicted octanol–water partition coefficient (Wildman–Crippen LogP) is 3.88. The highest BCUT2D eigenvalue weighted by Gasteiger charge is 1.93. The Morgan fingerprint density at radius 3 is 2.45 bits per heavy atom. The molecule has 2 aromatic carbocycles. The SMILES string of the molecule is COc1ccc(NCCN=Cc2ccc(Cl)cc2)cc1. The van der Waals surface area contributed by atoms with Crippen LogP contribution in [0.1, 0.15) is 5.56 Å². The zero-order valence-corrected chi connectivity index (χ0v) is 12.1. The molecule has 3 nitrogen and oxygen atoms in total. The van der Waals surface area contributed by atoms with E-state index in [9.17, 15) is 0 Å². The normalized spacial score (nSPS) is 10.7. The Labute approximate surface area is 124 Å². The Kier molecular flexibility index (Phi) is 5.44. The highest BCUT2D eigenvalue weighted by Crippen LogP contribution is 2.14. The number of hydrogen-bond acceptors (Lipinski definition) is 3. The molecule has 4 heteroatoms. The van der Waals surface area contributed by atoms with Gasteiger partial charge in [-0.25, -0.2) is 0 Å². The van der Waals surface area contributed by atoms with Gasteiger partial charge in [0.05, 0.1) is 13.7 Å². The number of aliphatic imine (C=N–C) groups is 1. The van der Waals surface area contributed by atoms with Gasteiger partial charge < -0.3 is 10.1 Å². The van der Waals surface area contributed by atoms with Crippen molar-refractivity contribution in [2.24, 2.45) is 4.99 Å². The molecule has 0 aliphatic rings. The number of rotatable bonds is 6. The average Bonchev–Trinajstić information content (AvgIpc) is 2.49. The number of benzene rings is 2. The zero-order valence-electron chi connectivity index (χ0n) is 11.3. The summed E-state index contributed by atoms with van der Waals surface area (Å²) in [7, 11) is 1.66. The van der Waals surface area contributed by atoms with E-state index >= 15 is 0 Å². The number of halogens is 1. The van der Waals surface area contributed by atoms with E-state index in [1.165, 1.54) is 0 Å². The van der Waals surface area contributed by atoms with Gasteiger partial charge in [-0.3, -0.25) is 4.99 Å². The molecule has 0 radical (unpaired) electrons. The first-order chi connectivity index (χ1) is 9.78. The maximum Gasteiger partial charge on any atom is 0.119 e. The second-order valence-electron chi connectivity index (χ2n) is 4.24. The van der Waals surface area contributed by atoms with Crippen LogP contribution in [0.2, 0.25) is 5.02 Å². The van der Waals surface area contributed by atoms with Gasteiger partial charge in [-0.05, 0) is 42.0 Å². The number of anilines is 1. The van der Waals surface area contributed by atoms with Crippen molar-refractivity contribution >= 4 is 23.5 Å². The lowest BCUT2D eigenvalue weighted by molar-refractivity contribution is 0.415. The van der Waals surface area contributed by atoms with Crippen molar-refractivity contribution in [3.8, 4) is 5.75 Å². The molecule has 0 aliphatic heterocycles. The Morgan fingerprint density at radius 2 is 1.80 bits per heavy atom. The Morgan fingerprint density at radius 1 is 1.10 bits per heavy atom. The highest BCUT2D eigenvalue weighted by atomic mass is 35.5. The maximum atomic E-state index is 5.82. The molecule has 0 atom stereocenters. The van der Waals surface area contributed by atoms with Crippen molar-refractivity contribution in [2.45, 2.75) is 0 Å². The van der Waals surface area contributed by atoms with Crippen molar-refractivity contribution < 1.29 is 4.74 Å². The monoisotopic (exact) mass is 288 g/mol. The summed E-state index contributed by atoms with van der Waals surface area (Å²) < 4.78 is 5.11. The first-order valence-corrected chi connectivity index (χ1v) is 6.79. The molecular formula is C16H17ClN2O. The third kappa shape index (κ3) is 4.59. The smallest absolute Gasteiger partial charge is 0.119 e. The molecule has 0 saturated carbocycles. The summed E-state index contributed by atoms with van der Waals surface area (Å²) in [5.74, 6) is 0.858. The lowest BCUT2D eigenvalue weighted by Crippen LogP contribution is -2.04. The van der Waals surface area contributed by atoms with Crippen LogP contribution < -0.4 is 10.1 Å². The first-order valence-electron chi connectivity index (χ1n) is 6.41. The minimum atomic E-state index is 0.717. The number of methoxy groups -OCH3 is 1. The largest absolute Gasteiger partial charge is 0.497 e. The predicted molar refractivity (Wildman–Crippen MR) is 85.4 cm³/mol. The Hall–Kier alpha value is -2.00. The molecule has 0 fully saturated rings. The van der Waals surface area contributed by atoms with E-state index in [1.54, 1.807) is 7.11 Å². The number of nitrogens with one attached hydrogen (secondary N) is 1. The molecular weight excluding hydrogens is 272 g/mol. The summed E-state index contributed by atoms with van der Waals surface area (Å²) in [6, 6.07) is 15.4. The standard InChI is InChI=1S/C16H17ClN2O/c1-20-16-8-6-15(7-9-16)19-11-10-18-12-13-2-4-14(17)5-3-13/h2-9,12,19H,10-11H2,1H3. The summed E-state index contributed by atoms with van der Waals surface area (Å²) in [6.07, 6.45) is 1.85. The summed E-state index contributed by atoms with van der Waals surface area (Å²) >= 11 is 5.82. The van der Waals surface area contributed by atoms with Crippen LogP contribution in [-0.4, -0.2) is 26.4 Å². The van der Waals surface area contributed by atoms with Crippen molar-refractivity contribution in [3.05, 3.63) is 59.1 Å². The van der Waals surface area contributed by atoms with Gasteiger partial charge in [0.1, 0.15) is 5.75 Å². The second kappa shape index (κ2) is 7.56. The first kappa shape index (κ1) is 14.4. The van der Waals surface area contributed by atoms with Crippen LogP contribution in [0.15, 0.2) is 53.5 Å². The van der Waals surface area contributed by atoms with Gasteiger partial charge in [0.25, 0.3) is 0 Å². The summed E-state index contributed by atoms with van der Waals surface area (Å²) in [5.41, 5.74) is 2.12. The zero-order chi connectivity index (χ0) is 14.2. The minimum absolute atomic E-state index is 0.717. The van der Waals surface area contributed by atoms with Gasteiger partial charge in [0, 0.05) is 23.5 Å². The van der Waals surface area contributed by atoms with E-state index in [0.29, 0.717) is 6.54 Å². The van der Waals surface area contributed by atoms with E-state index in [1.807, 2.05) is 54.7 Å². The van der Waals surface area contributed by atoms with Crippen molar-refractivity contribution in [1.82, 2.24) is 0 Å². The third-order valence-electron chi connectivity index (χ3n) is 2.77. The topological polar surface area (TPSA) is 33.6 Å². The van der Waals surface area contributed by atoms with Crippen LogP contribution in [0.4, 0.5) is 5.69 Å². The molecule has 0 bridgehead atoms.